The summed E-state index contributed by atoms with van der Waals surface area (Å²) in [5.74, 6) is 0. The predicted molar refractivity (Wildman–Crippen MR) is 73.4 cm³/mol. The van der Waals surface area contributed by atoms with Gasteiger partial charge in [0.05, 0.1) is 11.6 Å². The van der Waals surface area contributed by atoms with Crippen LogP contribution in [0.3, 0.4) is 0 Å². The summed E-state index contributed by atoms with van der Waals surface area (Å²) in [7, 11) is 1.71. The fourth-order valence-corrected chi connectivity index (χ4v) is 2.12. The Hall–Kier alpha value is -0.580. The second-order valence-corrected chi connectivity index (χ2v) is 5.47. The van der Waals surface area contributed by atoms with Crippen LogP contribution in [0.25, 0.3) is 0 Å². The lowest BCUT2D eigenvalue weighted by Crippen LogP contribution is -2.18. The van der Waals surface area contributed by atoms with Crippen molar-refractivity contribution in [3.05, 3.63) is 23.9 Å². The van der Waals surface area contributed by atoms with Crippen molar-refractivity contribution in [3.63, 3.8) is 0 Å². The smallest absolute Gasteiger partial charge is 0.0962 e. The van der Waals surface area contributed by atoms with Crippen LogP contribution in [-0.2, 0) is 11.3 Å². The van der Waals surface area contributed by atoms with Gasteiger partial charge in [-0.05, 0) is 18.1 Å². The van der Waals surface area contributed by atoms with Crippen molar-refractivity contribution in [2.75, 3.05) is 20.3 Å². The van der Waals surface area contributed by atoms with Gasteiger partial charge >= 0.3 is 0 Å². The minimum absolute atomic E-state index is 0.633. The lowest BCUT2D eigenvalue weighted by atomic mass is 10.3. The SMILES string of the molecule is CCC(C)Sc1ccc(CNCCOC)cn1. The lowest BCUT2D eigenvalue weighted by molar-refractivity contribution is 0.199. The Bertz CT molecular complexity index is 303. The molecule has 0 fully saturated rings. The summed E-state index contributed by atoms with van der Waals surface area (Å²) in [5.41, 5.74) is 1.22. The van der Waals surface area contributed by atoms with Gasteiger partial charge < -0.3 is 10.1 Å². The first-order valence-electron chi connectivity index (χ1n) is 6.07. The molecule has 1 atom stereocenters. The molecule has 0 radical (unpaired) electrons. The van der Waals surface area contributed by atoms with Gasteiger partial charge in [-0.2, -0.15) is 0 Å². The number of thioether (sulfide) groups is 1. The molecule has 1 aromatic heterocycles. The molecule has 17 heavy (non-hydrogen) atoms. The van der Waals surface area contributed by atoms with Gasteiger partial charge in [0, 0.05) is 31.6 Å². The summed E-state index contributed by atoms with van der Waals surface area (Å²) < 4.78 is 4.97. The number of pyridine rings is 1. The summed E-state index contributed by atoms with van der Waals surface area (Å²) in [6, 6.07) is 4.24. The molecule has 0 aliphatic rings. The maximum atomic E-state index is 4.97. The van der Waals surface area contributed by atoms with Crippen LogP contribution < -0.4 is 5.32 Å². The number of methoxy groups -OCH3 is 1. The zero-order valence-electron chi connectivity index (χ0n) is 10.9. The minimum Gasteiger partial charge on any atom is -0.383 e. The Morgan fingerprint density at radius 3 is 2.88 bits per heavy atom. The molecule has 0 aliphatic carbocycles. The van der Waals surface area contributed by atoms with Gasteiger partial charge in [0.15, 0.2) is 0 Å². The molecular formula is C13H22N2OS. The molecule has 96 valence electrons. The molecule has 0 saturated carbocycles. The minimum atomic E-state index is 0.633. The number of nitrogens with one attached hydrogen (secondary N) is 1. The summed E-state index contributed by atoms with van der Waals surface area (Å²) in [6.45, 7) is 6.90. The number of rotatable bonds is 8. The first-order chi connectivity index (χ1) is 8.26. The van der Waals surface area contributed by atoms with Crippen LogP contribution in [0.15, 0.2) is 23.4 Å². The first-order valence-corrected chi connectivity index (χ1v) is 6.95. The second-order valence-electron chi connectivity index (χ2n) is 4.01. The highest BCUT2D eigenvalue weighted by Gasteiger charge is 2.02. The Morgan fingerprint density at radius 1 is 1.47 bits per heavy atom. The maximum absolute atomic E-state index is 4.97. The summed E-state index contributed by atoms with van der Waals surface area (Å²) in [6.07, 6.45) is 3.12. The maximum Gasteiger partial charge on any atom is 0.0962 e. The lowest BCUT2D eigenvalue weighted by Gasteiger charge is -2.08. The van der Waals surface area contributed by atoms with Crippen LogP contribution >= 0.6 is 11.8 Å². The number of aromatic nitrogens is 1. The molecule has 0 aromatic carbocycles. The summed E-state index contributed by atoms with van der Waals surface area (Å²) >= 11 is 1.83. The molecule has 0 spiro atoms. The van der Waals surface area contributed by atoms with Crippen molar-refractivity contribution in [1.29, 1.82) is 0 Å². The van der Waals surface area contributed by atoms with E-state index in [1.165, 1.54) is 12.0 Å². The number of ether oxygens (including phenoxy) is 1. The second kappa shape index (κ2) is 8.50. The van der Waals surface area contributed by atoms with E-state index in [9.17, 15) is 0 Å². The fraction of sp³-hybridized carbons (Fsp3) is 0.615. The molecule has 1 N–H and O–H groups in total. The molecule has 0 amide bonds. The van der Waals surface area contributed by atoms with Crippen LogP contribution in [0.1, 0.15) is 25.8 Å². The van der Waals surface area contributed by atoms with Crippen molar-refractivity contribution in [2.45, 2.75) is 37.1 Å². The van der Waals surface area contributed by atoms with E-state index in [2.05, 4.69) is 36.3 Å². The third-order valence-electron chi connectivity index (χ3n) is 2.51. The molecule has 0 saturated heterocycles. The van der Waals surface area contributed by atoms with Gasteiger partial charge in [-0.25, -0.2) is 4.98 Å². The monoisotopic (exact) mass is 254 g/mol. The van der Waals surface area contributed by atoms with E-state index in [1.807, 2.05) is 18.0 Å². The first kappa shape index (κ1) is 14.5. The van der Waals surface area contributed by atoms with Gasteiger partial charge in [-0.3, -0.25) is 0 Å². The molecule has 3 nitrogen and oxygen atoms in total. The number of nitrogens with zero attached hydrogens (tertiary/aromatic N) is 1. The van der Waals surface area contributed by atoms with Gasteiger partial charge in [-0.15, -0.1) is 11.8 Å². The Kier molecular flexibility index (Phi) is 7.24. The molecule has 4 heteroatoms. The molecule has 0 aliphatic heterocycles. The van der Waals surface area contributed by atoms with E-state index in [-0.39, 0.29) is 0 Å². The van der Waals surface area contributed by atoms with Crippen LogP contribution in [0, 0.1) is 0 Å². The van der Waals surface area contributed by atoms with Crippen LogP contribution in [0.4, 0.5) is 0 Å². The fourth-order valence-electron chi connectivity index (χ4n) is 1.28. The van der Waals surface area contributed by atoms with Gasteiger partial charge in [0.25, 0.3) is 0 Å². The molecule has 1 unspecified atom stereocenters. The van der Waals surface area contributed by atoms with Crippen molar-refractivity contribution in [2.24, 2.45) is 0 Å². The van der Waals surface area contributed by atoms with Gasteiger partial charge in [0.1, 0.15) is 0 Å². The van der Waals surface area contributed by atoms with E-state index in [0.29, 0.717) is 5.25 Å². The van der Waals surface area contributed by atoms with E-state index >= 15 is 0 Å². The highest BCUT2D eigenvalue weighted by molar-refractivity contribution is 7.99. The Morgan fingerprint density at radius 2 is 2.29 bits per heavy atom. The predicted octanol–water partition coefficient (Wildman–Crippen LogP) is 2.71. The average molecular weight is 254 g/mol. The molecule has 1 aromatic rings. The molecule has 1 rings (SSSR count). The van der Waals surface area contributed by atoms with E-state index < -0.39 is 0 Å². The summed E-state index contributed by atoms with van der Waals surface area (Å²) in [4.78, 5) is 4.46. The van der Waals surface area contributed by atoms with Crippen molar-refractivity contribution in [1.82, 2.24) is 10.3 Å². The van der Waals surface area contributed by atoms with E-state index in [0.717, 1.165) is 24.7 Å². The number of hydrogen-bond donors (Lipinski definition) is 1. The van der Waals surface area contributed by atoms with Crippen LogP contribution in [0.2, 0.25) is 0 Å². The van der Waals surface area contributed by atoms with Gasteiger partial charge in [0.2, 0.25) is 0 Å². The zero-order valence-corrected chi connectivity index (χ0v) is 11.7. The third-order valence-corrected chi connectivity index (χ3v) is 3.73. The normalized spacial score (nSPS) is 12.6. The van der Waals surface area contributed by atoms with E-state index in [4.69, 9.17) is 4.74 Å². The summed E-state index contributed by atoms with van der Waals surface area (Å²) in [5, 5.41) is 5.05. The number of hydrogen-bond acceptors (Lipinski definition) is 4. The quantitative estimate of drug-likeness (QED) is 0.571. The highest BCUT2D eigenvalue weighted by atomic mass is 32.2. The van der Waals surface area contributed by atoms with Crippen LogP contribution in [-0.4, -0.2) is 30.5 Å². The van der Waals surface area contributed by atoms with Crippen molar-refractivity contribution in [3.8, 4) is 0 Å². The highest BCUT2D eigenvalue weighted by Crippen LogP contribution is 2.22. The Balaban J connectivity index is 2.34. The topological polar surface area (TPSA) is 34.1 Å². The van der Waals surface area contributed by atoms with Gasteiger partial charge in [-0.1, -0.05) is 19.9 Å². The van der Waals surface area contributed by atoms with Crippen molar-refractivity contribution < 1.29 is 4.74 Å². The molecule has 1 heterocycles. The Labute approximate surface area is 108 Å². The molecular weight excluding hydrogens is 232 g/mol. The third kappa shape index (κ3) is 6.05. The standard InChI is InChI=1S/C13H22N2OS/c1-4-11(2)17-13-6-5-12(10-15-13)9-14-7-8-16-3/h5-6,10-11,14H,4,7-9H2,1-3H3. The van der Waals surface area contributed by atoms with Crippen molar-refractivity contribution >= 4 is 11.8 Å². The van der Waals surface area contributed by atoms with E-state index in [1.54, 1.807) is 7.11 Å². The zero-order chi connectivity index (χ0) is 12.5. The molecule has 0 bridgehead atoms. The largest absolute Gasteiger partial charge is 0.383 e. The average Bonchev–Trinajstić information content (AvgIpc) is 2.36. The van der Waals surface area contributed by atoms with Crippen LogP contribution in [0.5, 0.6) is 0 Å².